The van der Waals surface area contributed by atoms with Crippen molar-refractivity contribution in [1.82, 2.24) is 40.0 Å². The molecular formula is C38H36F6N10O2. The zero-order chi connectivity index (χ0) is 40.6. The highest BCUT2D eigenvalue weighted by atomic mass is 19.4. The number of rotatable bonds is 10. The Morgan fingerprint density at radius 1 is 0.607 bits per heavy atom. The van der Waals surface area contributed by atoms with E-state index in [1.165, 1.54) is 12.1 Å². The molecule has 2 aromatic carbocycles. The lowest BCUT2D eigenvalue weighted by Gasteiger charge is -2.14. The number of carbonyl (C=O) groups excluding carboxylic acids is 2. The van der Waals surface area contributed by atoms with Gasteiger partial charge in [0, 0.05) is 36.3 Å². The Morgan fingerprint density at radius 3 is 1.32 bits per heavy atom. The second kappa shape index (κ2) is 17.3. The Kier molecular flexibility index (Phi) is 12.6. The maximum atomic E-state index is 12.8. The average Bonchev–Trinajstić information content (AvgIpc) is 3.77. The third kappa shape index (κ3) is 10.8. The Balaban J connectivity index is 0.000000214. The smallest absolute Gasteiger partial charge is 0.321 e. The van der Waals surface area contributed by atoms with Crippen molar-refractivity contribution < 1.29 is 35.9 Å². The van der Waals surface area contributed by atoms with Crippen LogP contribution in [0.3, 0.4) is 0 Å². The van der Waals surface area contributed by atoms with E-state index in [2.05, 4.69) is 41.2 Å². The molecule has 0 saturated carbocycles. The van der Waals surface area contributed by atoms with Crippen LogP contribution in [0.2, 0.25) is 0 Å². The van der Waals surface area contributed by atoms with Gasteiger partial charge in [-0.25, -0.2) is 19.3 Å². The molecule has 6 rings (SSSR count). The van der Waals surface area contributed by atoms with Crippen LogP contribution in [-0.4, -0.2) is 51.8 Å². The minimum absolute atomic E-state index is 0.0870. The summed E-state index contributed by atoms with van der Waals surface area (Å²) >= 11 is 0. The maximum absolute atomic E-state index is 12.8. The Hall–Kier alpha value is -6.46. The number of hydrogen-bond donors (Lipinski definition) is 2. The highest BCUT2D eigenvalue weighted by Crippen LogP contribution is 2.29. The lowest BCUT2D eigenvalue weighted by atomic mass is 10.0. The SMILES string of the molecule is Cc1cnnn1C[C@@H](C)c1cccc(NC(=O)c2cccc(C(F)(F)F)n2)c1.Cc1cnnn1C[C@H](C)c1cccc(NC(=O)c2cccc(C(F)(F)F)n2)c1. The molecule has 0 bridgehead atoms. The molecule has 0 aliphatic rings. The zero-order valence-electron chi connectivity index (χ0n) is 30.5. The fourth-order valence-electron chi connectivity index (χ4n) is 5.38. The van der Waals surface area contributed by atoms with Gasteiger partial charge in [-0.15, -0.1) is 10.2 Å². The first-order valence-corrected chi connectivity index (χ1v) is 17.1. The van der Waals surface area contributed by atoms with E-state index in [-0.39, 0.29) is 23.2 Å². The van der Waals surface area contributed by atoms with E-state index < -0.39 is 35.6 Å². The fourth-order valence-corrected chi connectivity index (χ4v) is 5.38. The topological polar surface area (TPSA) is 145 Å². The highest BCUT2D eigenvalue weighted by molar-refractivity contribution is 6.03. The van der Waals surface area contributed by atoms with Crippen LogP contribution in [0.1, 0.15) is 80.6 Å². The molecule has 12 nitrogen and oxygen atoms in total. The third-order valence-electron chi connectivity index (χ3n) is 8.49. The number of alkyl halides is 6. The van der Waals surface area contributed by atoms with Crippen LogP contribution in [0.5, 0.6) is 0 Å². The number of hydrogen-bond acceptors (Lipinski definition) is 8. The standard InChI is InChI=1S/2C19H18F3N5O/c2*1-12(11-27-13(2)10-23-26-27)14-5-3-6-15(9-14)24-18(28)16-7-4-8-17(25-16)19(20,21)22/h2*3-10,12H,11H2,1-2H3,(H,24,28)/t2*12-/m10/s1. The largest absolute Gasteiger partial charge is 0.433 e. The second-order valence-corrected chi connectivity index (χ2v) is 12.9. The van der Waals surface area contributed by atoms with Gasteiger partial charge in [-0.2, -0.15) is 26.3 Å². The third-order valence-corrected chi connectivity index (χ3v) is 8.49. The Bertz CT molecular complexity index is 2130. The van der Waals surface area contributed by atoms with Crippen LogP contribution < -0.4 is 10.6 Å². The first-order valence-electron chi connectivity index (χ1n) is 17.1. The van der Waals surface area contributed by atoms with Crippen molar-refractivity contribution in [3.8, 4) is 0 Å². The maximum Gasteiger partial charge on any atom is 0.433 e. The molecule has 0 fully saturated rings. The molecular weight excluding hydrogens is 742 g/mol. The summed E-state index contributed by atoms with van der Waals surface area (Å²) in [7, 11) is 0. The van der Waals surface area contributed by atoms with E-state index in [0.29, 0.717) is 24.5 Å². The van der Waals surface area contributed by atoms with Crippen molar-refractivity contribution in [3.63, 3.8) is 0 Å². The van der Waals surface area contributed by atoms with E-state index >= 15 is 0 Å². The number of nitrogens with zero attached hydrogens (tertiary/aromatic N) is 8. The Morgan fingerprint density at radius 2 is 0.982 bits per heavy atom. The highest BCUT2D eigenvalue weighted by Gasteiger charge is 2.34. The molecule has 4 heterocycles. The van der Waals surface area contributed by atoms with Crippen LogP contribution in [0.15, 0.2) is 97.3 Å². The average molecular weight is 779 g/mol. The summed E-state index contributed by atoms with van der Waals surface area (Å²) in [6.07, 6.45) is -5.87. The molecule has 0 aliphatic carbocycles. The first kappa shape index (κ1) is 40.7. The molecule has 0 radical (unpaired) electrons. The lowest BCUT2D eigenvalue weighted by Crippen LogP contribution is -2.17. The van der Waals surface area contributed by atoms with Gasteiger partial charge in [-0.05, 0) is 73.5 Å². The summed E-state index contributed by atoms with van der Waals surface area (Å²) in [4.78, 5) is 31.4. The lowest BCUT2D eigenvalue weighted by molar-refractivity contribution is -0.142. The van der Waals surface area contributed by atoms with Crippen LogP contribution in [0.25, 0.3) is 0 Å². The summed E-state index contributed by atoms with van der Waals surface area (Å²) < 4.78 is 80.2. The molecule has 4 aromatic heterocycles. The number of amides is 2. The van der Waals surface area contributed by atoms with E-state index in [9.17, 15) is 35.9 Å². The number of carbonyl (C=O) groups is 2. The number of aromatic nitrogens is 8. The minimum atomic E-state index is -4.61. The van der Waals surface area contributed by atoms with Gasteiger partial charge in [0.25, 0.3) is 11.8 Å². The second-order valence-electron chi connectivity index (χ2n) is 12.9. The zero-order valence-corrected chi connectivity index (χ0v) is 30.5. The Labute approximate surface area is 317 Å². The molecule has 2 atom stereocenters. The summed E-state index contributed by atoms with van der Waals surface area (Å²) in [5.41, 5.74) is 1.91. The van der Waals surface area contributed by atoms with E-state index in [1.807, 2.05) is 39.8 Å². The number of nitrogens with one attached hydrogen (secondary N) is 2. The van der Waals surface area contributed by atoms with Crippen LogP contribution in [0, 0.1) is 13.8 Å². The number of anilines is 2. The van der Waals surface area contributed by atoms with E-state index in [0.717, 1.165) is 46.8 Å². The monoisotopic (exact) mass is 778 g/mol. The van der Waals surface area contributed by atoms with Crippen LogP contribution in [0.4, 0.5) is 37.7 Å². The van der Waals surface area contributed by atoms with Crippen LogP contribution >= 0.6 is 0 Å². The van der Waals surface area contributed by atoms with E-state index in [4.69, 9.17) is 0 Å². The molecule has 6 aromatic rings. The predicted molar refractivity (Wildman–Crippen MR) is 194 cm³/mol. The molecule has 0 saturated heterocycles. The van der Waals surface area contributed by atoms with Crippen molar-refractivity contribution in [2.45, 2.75) is 65.0 Å². The van der Waals surface area contributed by atoms with Gasteiger partial charge in [-0.3, -0.25) is 9.59 Å². The van der Waals surface area contributed by atoms with Gasteiger partial charge in [0.2, 0.25) is 0 Å². The van der Waals surface area contributed by atoms with E-state index in [1.54, 1.807) is 58.2 Å². The number of aryl methyl sites for hydroxylation is 2. The van der Waals surface area contributed by atoms with Gasteiger partial charge in [0.05, 0.1) is 23.8 Å². The van der Waals surface area contributed by atoms with Crippen molar-refractivity contribution in [2.24, 2.45) is 0 Å². The molecule has 0 spiro atoms. The molecule has 18 heteroatoms. The number of benzene rings is 2. The summed E-state index contributed by atoms with van der Waals surface area (Å²) in [6, 6.07) is 20.7. The molecule has 292 valence electrons. The predicted octanol–water partition coefficient (Wildman–Crippen LogP) is 8.11. The molecule has 2 amide bonds. The number of halogens is 6. The fraction of sp³-hybridized carbons (Fsp3) is 0.263. The number of pyridine rings is 2. The summed E-state index contributed by atoms with van der Waals surface area (Å²) in [6.45, 7) is 9.06. The molecule has 0 unspecified atom stereocenters. The first-order chi connectivity index (χ1) is 26.5. The van der Waals surface area contributed by atoms with Crippen molar-refractivity contribution in [1.29, 1.82) is 0 Å². The van der Waals surface area contributed by atoms with Gasteiger partial charge >= 0.3 is 12.4 Å². The summed E-state index contributed by atoms with van der Waals surface area (Å²) in [5.74, 6) is -1.24. The normalized spacial score (nSPS) is 12.6. The molecule has 56 heavy (non-hydrogen) atoms. The van der Waals surface area contributed by atoms with Gasteiger partial charge in [0.15, 0.2) is 0 Å². The van der Waals surface area contributed by atoms with Gasteiger partial charge in [-0.1, -0.05) is 60.7 Å². The van der Waals surface area contributed by atoms with Gasteiger partial charge in [0.1, 0.15) is 22.8 Å². The quantitative estimate of drug-likeness (QED) is 0.133. The van der Waals surface area contributed by atoms with Crippen molar-refractivity contribution >= 4 is 23.2 Å². The van der Waals surface area contributed by atoms with Crippen molar-refractivity contribution in [3.05, 3.63) is 143 Å². The van der Waals surface area contributed by atoms with Gasteiger partial charge < -0.3 is 10.6 Å². The minimum Gasteiger partial charge on any atom is -0.321 e. The van der Waals surface area contributed by atoms with Crippen molar-refractivity contribution in [2.75, 3.05) is 10.6 Å². The molecule has 0 aliphatic heterocycles. The molecule has 2 N–H and O–H groups in total. The van der Waals surface area contributed by atoms with Crippen LogP contribution in [-0.2, 0) is 25.4 Å². The summed E-state index contributed by atoms with van der Waals surface area (Å²) in [5, 5.41) is 20.9.